The molecule has 2 rings (SSSR count). The van der Waals surface area contributed by atoms with Gasteiger partial charge in [-0.1, -0.05) is 0 Å². The fourth-order valence-electron chi connectivity index (χ4n) is 2.46. The van der Waals surface area contributed by atoms with E-state index in [-0.39, 0.29) is 0 Å². The number of aliphatic imine (C=N–C) groups is 1. The van der Waals surface area contributed by atoms with Crippen LogP contribution in [-0.4, -0.2) is 54.7 Å². The van der Waals surface area contributed by atoms with Crippen molar-refractivity contribution in [3.8, 4) is 11.5 Å². The lowest BCUT2D eigenvalue weighted by atomic mass is 10.2. The first-order valence-corrected chi connectivity index (χ1v) is 9.29. The van der Waals surface area contributed by atoms with E-state index < -0.39 is 0 Å². The van der Waals surface area contributed by atoms with Gasteiger partial charge in [0.1, 0.15) is 12.4 Å². The minimum absolute atomic E-state index is 0.408. The Kier molecular flexibility index (Phi) is 8.54. The number of nitrogens with one attached hydrogen (secondary N) is 2. The third kappa shape index (κ3) is 6.12. The number of aromatic nitrogens is 3. The summed E-state index contributed by atoms with van der Waals surface area (Å²) in [7, 11) is 5.24. The lowest BCUT2D eigenvalue weighted by Crippen LogP contribution is -2.32. The van der Waals surface area contributed by atoms with Crippen LogP contribution >= 0.6 is 0 Å². The van der Waals surface area contributed by atoms with E-state index in [2.05, 4.69) is 25.8 Å². The number of guanidine groups is 1. The van der Waals surface area contributed by atoms with E-state index in [9.17, 15) is 0 Å². The highest BCUT2D eigenvalue weighted by molar-refractivity contribution is 5.93. The Hall–Kier alpha value is -2.81. The monoisotopic (exact) mass is 390 g/mol. The number of ether oxygens (including phenoxy) is 3. The van der Waals surface area contributed by atoms with Gasteiger partial charge in [0.2, 0.25) is 0 Å². The molecule has 0 bridgehead atoms. The summed E-state index contributed by atoms with van der Waals surface area (Å²) >= 11 is 0. The SMILES string of the molecule is CCOc1cc(NC(=NCc2nnc(C)n2C)NCCCOC)ccc1OC. The maximum atomic E-state index is 5.65. The zero-order valence-electron chi connectivity index (χ0n) is 17.3. The molecule has 0 aliphatic heterocycles. The summed E-state index contributed by atoms with van der Waals surface area (Å²) in [4.78, 5) is 4.64. The molecule has 0 aliphatic carbocycles. The quantitative estimate of drug-likeness (QED) is 0.364. The van der Waals surface area contributed by atoms with E-state index in [4.69, 9.17) is 14.2 Å². The topological polar surface area (TPSA) is 94.8 Å². The van der Waals surface area contributed by atoms with E-state index in [1.54, 1.807) is 14.2 Å². The van der Waals surface area contributed by atoms with Crippen molar-refractivity contribution in [3.05, 3.63) is 29.8 Å². The number of rotatable bonds is 10. The van der Waals surface area contributed by atoms with Crippen molar-refractivity contribution >= 4 is 11.6 Å². The van der Waals surface area contributed by atoms with Crippen molar-refractivity contribution < 1.29 is 14.2 Å². The van der Waals surface area contributed by atoms with Gasteiger partial charge in [-0.3, -0.25) is 0 Å². The second-order valence-corrected chi connectivity index (χ2v) is 6.08. The number of hydrogen-bond acceptors (Lipinski definition) is 6. The molecule has 0 atom stereocenters. The number of hydrogen-bond donors (Lipinski definition) is 2. The Morgan fingerprint density at radius 3 is 2.68 bits per heavy atom. The highest BCUT2D eigenvalue weighted by Gasteiger charge is 2.09. The maximum absolute atomic E-state index is 5.65. The van der Waals surface area contributed by atoms with Gasteiger partial charge >= 0.3 is 0 Å². The molecule has 0 saturated carbocycles. The molecule has 0 unspecified atom stereocenters. The molecule has 0 saturated heterocycles. The normalized spacial score (nSPS) is 11.4. The number of methoxy groups -OCH3 is 2. The summed E-state index contributed by atoms with van der Waals surface area (Å²) in [5, 5.41) is 14.8. The molecule has 154 valence electrons. The van der Waals surface area contributed by atoms with Crippen LogP contribution in [0.3, 0.4) is 0 Å². The van der Waals surface area contributed by atoms with E-state index in [1.807, 2.05) is 43.7 Å². The average molecular weight is 390 g/mol. The Bertz CT molecular complexity index is 775. The first-order chi connectivity index (χ1) is 13.6. The molecule has 0 aliphatic rings. The summed E-state index contributed by atoms with van der Waals surface area (Å²) in [5.74, 6) is 3.65. The number of benzene rings is 1. The minimum Gasteiger partial charge on any atom is -0.493 e. The van der Waals surface area contributed by atoms with Gasteiger partial charge in [-0.05, 0) is 32.4 Å². The van der Waals surface area contributed by atoms with Gasteiger partial charge < -0.3 is 29.4 Å². The third-order valence-electron chi connectivity index (χ3n) is 4.11. The second kappa shape index (κ2) is 11.1. The smallest absolute Gasteiger partial charge is 0.196 e. The third-order valence-corrected chi connectivity index (χ3v) is 4.11. The van der Waals surface area contributed by atoms with Crippen LogP contribution in [0.25, 0.3) is 0 Å². The molecule has 0 amide bonds. The molecule has 28 heavy (non-hydrogen) atoms. The van der Waals surface area contributed by atoms with Gasteiger partial charge in [0.15, 0.2) is 23.3 Å². The molecule has 9 nitrogen and oxygen atoms in total. The van der Waals surface area contributed by atoms with Crippen LogP contribution in [0.5, 0.6) is 11.5 Å². The van der Waals surface area contributed by atoms with Crippen LogP contribution in [0.2, 0.25) is 0 Å². The van der Waals surface area contributed by atoms with E-state index in [0.29, 0.717) is 37.2 Å². The van der Waals surface area contributed by atoms with Crippen LogP contribution in [0.4, 0.5) is 5.69 Å². The van der Waals surface area contributed by atoms with E-state index >= 15 is 0 Å². The predicted molar refractivity (Wildman–Crippen MR) is 109 cm³/mol. The summed E-state index contributed by atoms with van der Waals surface area (Å²) in [6.07, 6.45) is 0.868. The van der Waals surface area contributed by atoms with Gasteiger partial charge in [-0.15, -0.1) is 10.2 Å². The lowest BCUT2D eigenvalue weighted by Gasteiger charge is -2.15. The summed E-state index contributed by atoms with van der Waals surface area (Å²) in [5.41, 5.74) is 0.844. The Morgan fingerprint density at radius 1 is 1.21 bits per heavy atom. The van der Waals surface area contributed by atoms with Gasteiger partial charge in [0.25, 0.3) is 0 Å². The molecule has 0 fully saturated rings. The van der Waals surface area contributed by atoms with E-state index in [0.717, 1.165) is 30.3 Å². The average Bonchev–Trinajstić information content (AvgIpc) is 3.01. The van der Waals surface area contributed by atoms with Crippen LogP contribution < -0.4 is 20.1 Å². The fraction of sp³-hybridized carbons (Fsp3) is 0.526. The van der Waals surface area contributed by atoms with Crippen molar-refractivity contribution in [1.82, 2.24) is 20.1 Å². The standard InChI is InChI=1S/C19H30N6O3/c1-6-28-17-12-15(8-9-16(17)27-5)22-19(20-10-7-11-26-4)21-13-18-24-23-14(2)25(18)3/h8-9,12H,6-7,10-11,13H2,1-5H3,(H2,20,21,22). The molecule has 1 aromatic heterocycles. The van der Waals surface area contributed by atoms with Crippen molar-refractivity contribution in [1.29, 1.82) is 0 Å². The minimum atomic E-state index is 0.408. The Labute approximate surface area is 166 Å². The predicted octanol–water partition coefficient (Wildman–Crippen LogP) is 2.13. The van der Waals surface area contributed by atoms with Crippen molar-refractivity contribution in [2.45, 2.75) is 26.8 Å². The second-order valence-electron chi connectivity index (χ2n) is 6.08. The van der Waals surface area contributed by atoms with Crippen LogP contribution in [0.15, 0.2) is 23.2 Å². The molecule has 2 N–H and O–H groups in total. The first kappa shape index (κ1) is 21.5. The molecule has 0 radical (unpaired) electrons. The van der Waals surface area contributed by atoms with Crippen LogP contribution in [-0.2, 0) is 18.3 Å². The van der Waals surface area contributed by atoms with Crippen LogP contribution in [0, 0.1) is 6.92 Å². The number of aryl methyl sites for hydroxylation is 1. The maximum Gasteiger partial charge on any atom is 0.196 e. The van der Waals surface area contributed by atoms with Gasteiger partial charge in [-0.2, -0.15) is 0 Å². The Morgan fingerprint density at radius 2 is 2.04 bits per heavy atom. The highest BCUT2D eigenvalue weighted by atomic mass is 16.5. The van der Waals surface area contributed by atoms with Gasteiger partial charge in [0.05, 0.1) is 13.7 Å². The molecule has 0 spiro atoms. The van der Waals surface area contributed by atoms with Gasteiger partial charge in [0, 0.05) is 39.1 Å². The largest absolute Gasteiger partial charge is 0.493 e. The zero-order valence-corrected chi connectivity index (χ0v) is 17.3. The summed E-state index contributed by atoms with van der Waals surface area (Å²) in [6, 6.07) is 5.67. The fourth-order valence-corrected chi connectivity index (χ4v) is 2.46. The molecule has 9 heteroatoms. The van der Waals surface area contributed by atoms with Crippen molar-refractivity contribution in [2.24, 2.45) is 12.0 Å². The van der Waals surface area contributed by atoms with E-state index in [1.165, 1.54) is 0 Å². The number of nitrogens with zero attached hydrogens (tertiary/aromatic N) is 4. The van der Waals surface area contributed by atoms with Crippen molar-refractivity contribution in [3.63, 3.8) is 0 Å². The van der Waals surface area contributed by atoms with Crippen molar-refractivity contribution in [2.75, 3.05) is 39.3 Å². The van der Waals surface area contributed by atoms with Gasteiger partial charge in [-0.25, -0.2) is 4.99 Å². The molecular formula is C19H30N6O3. The zero-order chi connectivity index (χ0) is 20.4. The first-order valence-electron chi connectivity index (χ1n) is 9.29. The molecule has 1 aromatic carbocycles. The molecular weight excluding hydrogens is 360 g/mol. The molecule has 1 heterocycles. The summed E-state index contributed by atoms with van der Waals surface area (Å²) < 4.78 is 18.0. The molecule has 2 aromatic rings. The Balaban J connectivity index is 2.15. The lowest BCUT2D eigenvalue weighted by molar-refractivity contribution is 0.195. The van der Waals surface area contributed by atoms with Crippen LogP contribution in [0.1, 0.15) is 25.0 Å². The highest BCUT2D eigenvalue weighted by Crippen LogP contribution is 2.30. The summed E-state index contributed by atoms with van der Waals surface area (Å²) in [6.45, 7) is 6.22. The number of anilines is 1.